The standard InChI is InChI=1S/C19H26N2O2/c1-7-21(11-13(2)3)12-17-15(5)23-19(20-17)16-8-9-18(22-6)14(4)10-16/h8-10H,2,7,11-12H2,1,3-6H3. The van der Waals surface area contributed by atoms with E-state index >= 15 is 0 Å². The van der Waals surface area contributed by atoms with Gasteiger partial charge in [-0.25, -0.2) is 4.98 Å². The molecule has 0 bridgehead atoms. The second kappa shape index (κ2) is 7.47. The Morgan fingerprint density at radius 2 is 2.09 bits per heavy atom. The van der Waals surface area contributed by atoms with Crippen LogP contribution >= 0.6 is 0 Å². The second-order valence-electron chi connectivity index (χ2n) is 5.97. The van der Waals surface area contributed by atoms with Crippen LogP contribution in [0.25, 0.3) is 11.5 Å². The third-order valence-electron chi connectivity index (χ3n) is 3.85. The molecule has 0 spiro atoms. The minimum atomic E-state index is 0.662. The molecule has 4 nitrogen and oxygen atoms in total. The highest BCUT2D eigenvalue weighted by Crippen LogP contribution is 2.27. The number of methoxy groups -OCH3 is 1. The Kier molecular flexibility index (Phi) is 5.61. The molecule has 0 radical (unpaired) electrons. The molecule has 1 heterocycles. The van der Waals surface area contributed by atoms with E-state index in [0.717, 1.165) is 53.5 Å². The summed E-state index contributed by atoms with van der Waals surface area (Å²) in [6.07, 6.45) is 0. The van der Waals surface area contributed by atoms with E-state index in [1.165, 1.54) is 0 Å². The number of benzene rings is 1. The van der Waals surface area contributed by atoms with E-state index in [4.69, 9.17) is 14.1 Å². The van der Waals surface area contributed by atoms with Crippen molar-refractivity contribution in [1.82, 2.24) is 9.88 Å². The largest absolute Gasteiger partial charge is 0.496 e. The van der Waals surface area contributed by atoms with Crippen LogP contribution in [-0.4, -0.2) is 30.1 Å². The van der Waals surface area contributed by atoms with Crippen molar-refractivity contribution < 1.29 is 9.15 Å². The smallest absolute Gasteiger partial charge is 0.226 e. The maximum Gasteiger partial charge on any atom is 0.226 e. The van der Waals surface area contributed by atoms with Crippen molar-refractivity contribution in [3.63, 3.8) is 0 Å². The first kappa shape index (κ1) is 17.3. The van der Waals surface area contributed by atoms with Crippen LogP contribution in [0.2, 0.25) is 0 Å². The zero-order valence-electron chi connectivity index (χ0n) is 14.8. The minimum absolute atomic E-state index is 0.662. The lowest BCUT2D eigenvalue weighted by Crippen LogP contribution is -2.25. The highest BCUT2D eigenvalue weighted by molar-refractivity contribution is 5.57. The Morgan fingerprint density at radius 3 is 2.65 bits per heavy atom. The molecule has 124 valence electrons. The molecule has 23 heavy (non-hydrogen) atoms. The summed E-state index contributed by atoms with van der Waals surface area (Å²) in [7, 11) is 1.68. The molecule has 0 saturated heterocycles. The SMILES string of the molecule is C=C(C)CN(CC)Cc1nc(-c2ccc(OC)c(C)c2)oc1C. The molecule has 0 fully saturated rings. The molecule has 0 amide bonds. The van der Waals surface area contributed by atoms with E-state index in [1.54, 1.807) is 7.11 Å². The summed E-state index contributed by atoms with van der Waals surface area (Å²) in [5.74, 6) is 2.40. The molecular weight excluding hydrogens is 288 g/mol. The van der Waals surface area contributed by atoms with E-state index in [0.29, 0.717) is 5.89 Å². The van der Waals surface area contributed by atoms with Crippen LogP contribution in [0.1, 0.15) is 30.9 Å². The lowest BCUT2D eigenvalue weighted by molar-refractivity contribution is 0.299. The average molecular weight is 314 g/mol. The van der Waals surface area contributed by atoms with Gasteiger partial charge in [0, 0.05) is 18.7 Å². The van der Waals surface area contributed by atoms with Crippen molar-refractivity contribution in [2.75, 3.05) is 20.2 Å². The molecule has 0 aliphatic carbocycles. The highest BCUT2D eigenvalue weighted by atomic mass is 16.5. The molecule has 2 aromatic rings. The van der Waals surface area contributed by atoms with Crippen LogP contribution in [0.4, 0.5) is 0 Å². The number of aryl methyl sites for hydroxylation is 2. The lowest BCUT2D eigenvalue weighted by Gasteiger charge is -2.19. The predicted octanol–water partition coefficient (Wildman–Crippen LogP) is 4.37. The number of ether oxygens (including phenoxy) is 1. The zero-order chi connectivity index (χ0) is 17.0. The molecule has 2 rings (SSSR count). The van der Waals surface area contributed by atoms with Crippen molar-refractivity contribution in [2.45, 2.75) is 34.2 Å². The van der Waals surface area contributed by atoms with Crippen LogP contribution < -0.4 is 4.74 Å². The number of aromatic nitrogens is 1. The zero-order valence-corrected chi connectivity index (χ0v) is 14.8. The van der Waals surface area contributed by atoms with Gasteiger partial charge in [0.1, 0.15) is 11.5 Å². The molecule has 0 atom stereocenters. The molecule has 0 N–H and O–H groups in total. The van der Waals surface area contributed by atoms with Gasteiger partial charge in [-0.1, -0.05) is 19.1 Å². The van der Waals surface area contributed by atoms with Gasteiger partial charge in [-0.05, 0) is 51.1 Å². The van der Waals surface area contributed by atoms with Gasteiger partial charge in [0.05, 0.1) is 12.8 Å². The number of nitrogens with zero attached hydrogens (tertiary/aromatic N) is 2. The third-order valence-corrected chi connectivity index (χ3v) is 3.85. The summed E-state index contributed by atoms with van der Waals surface area (Å²) in [5, 5.41) is 0. The molecular formula is C19H26N2O2. The quantitative estimate of drug-likeness (QED) is 0.712. The summed E-state index contributed by atoms with van der Waals surface area (Å²) in [6.45, 7) is 14.8. The van der Waals surface area contributed by atoms with Crippen LogP contribution in [0.3, 0.4) is 0 Å². The molecule has 1 aromatic carbocycles. The van der Waals surface area contributed by atoms with Crippen LogP contribution in [0.15, 0.2) is 34.8 Å². The fraction of sp³-hybridized carbons (Fsp3) is 0.421. The fourth-order valence-corrected chi connectivity index (χ4v) is 2.58. The molecule has 1 aromatic heterocycles. The van der Waals surface area contributed by atoms with Crippen LogP contribution in [0.5, 0.6) is 5.75 Å². The van der Waals surface area contributed by atoms with E-state index in [2.05, 4.69) is 18.4 Å². The molecule has 0 aliphatic rings. The topological polar surface area (TPSA) is 38.5 Å². The predicted molar refractivity (Wildman–Crippen MR) is 93.7 cm³/mol. The molecule has 0 aliphatic heterocycles. The Morgan fingerprint density at radius 1 is 1.35 bits per heavy atom. The number of rotatable bonds is 7. The summed E-state index contributed by atoms with van der Waals surface area (Å²) in [4.78, 5) is 6.99. The number of hydrogen-bond donors (Lipinski definition) is 0. The Balaban J connectivity index is 2.23. The summed E-state index contributed by atoms with van der Waals surface area (Å²) >= 11 is 0. The van der Waals surface area contributed by atoms with Crippen molar-refractivity contribution >= 4 is 0 Å². The Bertz CT molecular complexity index is 689. The first-order chi connectivity index (χ1) is 10.9. The summed E-state index contributed by atoms with van der Waals surface area (Å²) in [5.41, 5.74) is 4.18. The van der Waals surface area contributed by atoms with Gasteiger partial charge < -0.3 is 9.15 Å². The maximum absolute atomic E-state index is 5.88. The third kappa shape index (κ3) is 4.23. The van der Waals surface area contributed by atoms with Crippen LogP contribution in [0, 0.1) is 13.8 Å². The number of oxazole rings is 1. The summed E-state index contributed by atoms with van der Waals surface area (Å²) in [6, 6.07) is 5.97. The van der Waals surface area contributed by atoms with E-state index in [-0.39, 0.29) is 0 Å². The van der Waals surface area contributed by atoms with Gasteiger partial charge in [-0.3, -0.25) is 4.90 Å². The molecule has 4 heteroatoms. The first-order valence-electron chi connectivity index (χ1n) is 7.92. The first-order valence-corrected chi connectivity index (χ1v) is 7.92. The van der Waals surface area contributed by atoms with Crippen molar-refractivity contribution in [1.29, 1.82) is 0 Å². The average Bonchev–Trinajstić information content (AvgIpc) is 2.87. The second-order valence-corrected chi connectivity index (χ2v) is 5.97. The van der Waals surface area contributed by atoms with Gasteiger partial charge in [-0.2, -0.15) is 0 Å². The van der Waals surface area contributed by atoms with Gasteiger partial charge in [0.25, 0.3) is 0 Å². The van der Waals surface area contributed by atoms with Gasteiger partial charge in [0.15, 0.2) is 0 Å². The van der Waals surface area contributed by atoms with Gasteiger partial charge in [-0.15, -0.1) is 0 Å². The Labute approximate surface area is 138 Å². The lowest BCUT2D eigenvalue weighted by atomic mass is 10.1. The van der Waals surface area contributed by atoms with E-state index in [9.17, 15) is 0 Å². The number of likely N-dealkylation sites (N-methyl/N-ethyl adjacent to an activating group) is 1. The normalized spacial score (nSPS) is 11.0. The highest BCUT2D eigenvalue weighted by Gasteiger charge is 2.15. The summed E-state index contributed by atoms with van der Waals surface area (Å²) < 4.78 is 11.2. The van der Waals surface area contributed by atoms with Crippen molar-refractivity contribution in [3.05, 3.63) is 47.4 Å². The minimum Gasteiger partial charge on any atom is -0.496 e. The fourth-order valence-electron chi connectivity index (χ4n) is 2.58. The van der Waals surface area contributed by atoms with E-state index in [1.807, 2.05) is 39.0 Å². The molecule has 0 saturated carbocycles. The Hall–Kier alpha value is -2.07. The maximum atomic E-state index is 5.88. The van der Waals surface area contributed by atoms with Crippen molar-refractivity contribution in [3.8, 4) is 17.2 Å². The number of hydrogen-bond acceptors (Lipinski definition) is 4. The molecule has 0 unspecified atom stereocenters. The monoisotopic (exact) mass is 314 g/mol. The van der Waals surface area contributed by atoms with Crippen molar-refractivity contribution in [2.24, 2.45) is 0 Å². The van der Waals surface area contributed by atoms with Crippen LogP contribution in [-0.2, 0) is 6.54 Å². The van der Waals surface area contributed by atoms with Gasteiger partial charge in [0.2, 0.25) is 5.89 Å². The van der Waals surface area contributed by atoms with Gasteiger partial charge >= 0.3 is 0 Å². The van der Waals surface area contributed by atoms with E-state index < -0.39 is 0 Å².